The summed E-state index contributed by atoms with van der Waals surface area (Å²) in [6, 6.07) is 0. The fourth-order valence-electron chi connectivity index (χ4n) is 0.333. The van der Waals surface area contributed by atoms with Crippen LogP contribution in [0.15, 0.2) is 0 Å². The molecule has 0 aromatic carbocycles. The number of hydrogen-bond acceptors (Lipinski definition) is 2. The average molecular weight is 166 g/mol. The molecule has 0 bridgehead atoms. The number of rotatable bonds is 3. The van der Waals surface area contributed by atoms with Crippen molar-refractivity contribution in [2.24, 2.45) is 0 Å². The second kappa shape index (κ2) is 4.63. The van der Waals surface area contributed by atoms with Crippen LogP contribution in [-0.2, 0) is 7.45 Å². The van der Waals surface area contributed by atoms with Crippen LogP contribution in [0.5, 0.6) is 0 Å². The quantitative estimate of drug-likeness (QED) is 0.577. The van der Waals surface area contributed by atoms with Crippen LogP contribution in [0.4, 0.5) is 0 Å². The summed E-state index contributed by atoms with van der Waals surface area (Å²) in [4.78, 5) is 0. The van der Waals surface area contributed by atoms with Gasteiger partial charge in [-0.2, -0.15) is 0 Å². The van der Waals surface area contributed by atoms with Gasteiger partial charge in [0.2, 0.25) is 0 Å². The zero-order valence-corrected chi connectivity index (χ0v) is 6.85. The Labute approximate surface area is 49.8 Å². The molecule has 0 aromatic rings. The third kappa shape index (κ3) is 3.10. The first-order chi connectivity index (χ1) is 3.35. The zero-order valence-electron chi connectivity index (χ0n) is 4.97. The molecule has 0 spiro atoms. The van der Waals surface area contributed by atoms with Gasteiger partial charge in [-0.3, -0.25) is 0 Å². The predicted molar refractivity (Wildman–Crippen MR) is 30.3 cm³/mol. The standard InChI is InChI=1S/C4H11AsO2/c1-4-5(6-2)7-3/h4H2,1-3H3. The maximum absolute atomic E-state index is 4.97. The molecule has 0 N–H and O–H groups in total. The van der Waals surface area contributed by atoms with Gasteiger partial charge in [-0.1, -0.05) is 0 Å². The fourth-order valence-corrected chi connectivity index (χ4v) is 1.73. The van der Waals surface area contributed by atoms with E-state index in [0.717, 1.165) is 5.21 Å². The summed E-state index contributed by atoms with van der Waals surface area (Å²) in [6.07, 6.45) is 0. The van der Waals surface area contributed by atoms with Crippen molar-refractivity contribution < 1.29 is 7.45 Å². The molecular weight excluding hydrogens is 155 g/mol. The van der Waals surface area contributed by atoms with Crippen LogP contribution in [0, 0.1) is 0 Å². The van der Waals surface area contributed by atoms with Gasteiger partial charge in [-0.05, 0) is 0 Å². The van der Waals surface area contributed by atoms with Crippen molar-refractivity contribution in [2.45, 2.75) is 12.1 Å². The molecule has 0 atom stereocenters. The molecule has 2 nitrogen and oxygen atoms in total. The van der Waals surface area contributed by atoms with E-state index in [9.17, 15) is 0 Å². The van der Waals surface area contributed by atoms with Gasteiger partial charge in [-0.15, -0.1) is 0 Å². The molecule has 44 valence electrons. The molecule has 0 heterocycles. The summed E-state index contributed by atoms with van der Waals surface area (Å²) in [5, 5.41) is 1.06. The summed E-state index contributed by atoms with van der Waals surface area (Å²) in [5.41, 5.74) is 0. The van der Waals surface area contributed by atoms with Gasteiger partial charge in [0.25, 0.3) is 0 Å². The molecular formula is C4H11AsO2. The van der Waals surface area contributed by atoms with Crippen molar-refractivity contribution in [3.8, 4) is 0 Å². The van der Waals surface area contributed by atoms with Crippen LogP contribution in [0.2, 0.25) is 5.21 Å². The van der Waals surface area contributed by atoms with Gasteiger partial charge in [0.05, 0.1) is 0 Å². The van der Waals surface area contributed by atoms with Crippen LogP contribution < -0.4 is 0 Å². The van der Waals surface area contributed by atoms with Crippen LogP contribution in [-0.4, -0.2) is 29.6 Å². The first kappa shape index (κ1) is 7.48. The Morgan fingerprint density at radius 1 is 1.29 bits per heavy atom. The van der Waals surface area contributed by atoms with Crippen molar-refractivity contribution >= 4 is 15.3 Å². The van der Waals surface area contributed by atoms with E-state index >= 15 is 0 Å². The van der Waals surface area contributed by atoms with Gasteiger partial charge in [0.15, 0.2) is 0 Å². The van der Waals surface area contributed by atoms with Crippen molar-refractivity contribution in [1.82, 2.24) is 0 Å². The fraction of sp³-hybridized carbons (Fsp3) is 1.00. The summed E-state index contributed by atoms with van der Waals surface area (Å²) >= 11 is -1.23. The van der Waals surface area contributed by atoms with E-state index in [1.54, 1.807) is 14.2 Å². The van der Waals surface area contributed by atoms with Crippen LogP contribution in [0.3, 0.4) is 0 Å². The van der Waals surface area contributed by atoms with E-state index in [0.29, 0.717) is 0 Å². The molecule has 3 heteroatoms. The minimum atomic E-state index is -1.23. The Morgan fingerprint density at radius 3 is 1.71 bits per heavy atom. The molecule has 0 rings (SSSR count). The SMILES string of the molecule is CC[As](OC)OC. The third-order valence-electron chi connectivity index (χ3n) is 0.665. The summed E-state index contributed by atoms with van der Waals surface area (Å²) in [6.45, 7) is 2.08. The molecule has 0 aliphatic heterocycles. The summed E-state index contributed by atoms with van der Waals surface area (Å²) in [5.74, 6) is 0. The van der Waals surface area contributed by atoms with Crippen LogP contribution >= 0.6 is 0 Å². The van der Waals surface area contributed by atoms with Crippen molar-refractivity contribution in [1.29, 1.82) is 0 Å². The van der Waals surface area contributed by atoms with E-state index in [-0.39, 0.29) is 0 Å². The van der Waals surface area contributed by atoms with Gasteiger partial charge in [0.1, 0.15) is 0 Å². The van der Waals surface area contributed by atoms with E-state index in [4.69, 9.17) is 7.45 Å². The normalized spacial score (nSPS) is 10.3. The summed E-state index contributed by atoms with van der Waals surface area (Å²) < 4.78 is 9.94. The van der Waals surface area contributed by atoms with Gasteiger partial charge >= 0.3 is 49.1 Å². The molecule has 0 aliphatic carbocycles. The van der Waals surface area contributed by atoms with E-state index in [1.807, 2.05) is 0 Å². The second-order valence-corrected chi connectivity index (χ2v) is 5.27. The van der Waals surface area contributed by atoms with E-state index in [2.05, 4.69) is 6.92 Å². The molecule has 7 heavy (non-hydrogen) atoms. The Bertz CT molecular complexity index is 31.2. The van der Waals surface area contributed by atoms with Gasteiger partial charge in [-0.25, -0.2) is 0 Å². The second-order valence-electron chi connectivity index (χ2n) is 1.01. The minimum absolute atomic E-state index is 1.06. The molecule has 0 amide bonds. The van der Waals surface area contributed by atoms with Crippen LogP contribution in [0.1, 0.15) is 6.92 Å². The zero-order chi connectivity index (χ0) is 5.70. The van der Waals surface area contributed by atoms with E-state index < -0.39 is 15.3 Å². The first-order valence-corrected chi connectivity index (χ1v) is 5.06. The molecule has 0 saturated carbocycles. The number of hydrogen-bond donors (Lipinski definition) is 0. The Morgan fingerprint density at radius 2 is 1.71 bits per heavy atom. The first-order valence-electron chi connectivity index (χ1n) is 2.20. The van der Waals surface area contributed by atoms with Gasteiger partial charge in [0, 0.05) is 0 Å². The van der Waals surface area contributed by atoms with Crippen molar-refractivity contribution in [3.05, 3.63) is 0 Å². The molecule has 0 aliphatic rings. The topological polar surface area (TPSA) is 18.5 Å². The Balaban J connectivity index is 2.99. The third-order valence-corrected chi connectivity index (χ3v) is 3.46. The van der Waals surface area contributed by atoms with Crippen LogP contribution in [0.25, 0.3) is 0 Å². The predicted octanol–water partition coefficient (Wildman–Crippen LogP) is 0.787. The molecule has 0 saturated heterocycles. The monoisotopic (exact) mass is 166 g/mol. The van der Waals surface area contributed by atoms with Gasteiger partial charge < -0.3 is 0 Å². The van der Waals surface area contributed by atoms with Crippen molar-refractivity contribution in [3.63, 3.8) is 0 Å². The Kier molecular flexibility index (Phi) is 4.95. The molecule has 0 unspecified atom stereocenters. The Hall–Kier alpha value is 0.478. The van der Waals surface area contributed by atoms with Crippen molar-refractivity contribution in [2.75, 3.05) is 14.2 Å². The molecule has 0 fully saturated rings. The molecule has 0 aromatic heterocycles. The summed E-state index contributed by atoms with van der Waals surface area (Å²) in [7, 11) is 3.40. The molecule has 0 radical (unpaired) electrons. The van der Waals surface area contributed by atoms with E-state index in [1.165, 1.54) is 0 Å². The maximum atomic E-state index is 4.97. The average Bonchev–Trinajstić information content (AvgIpc) is 1.72.